The van der Waals surface area contributed by atoms with Crippen LogP contribution in [-0.4, -0.2) is 64.5 Å². The van der Waals surface area contributed by atoms with Crippen molar-refractivity contribution in [3.8, 4) is 17.3 Å². The highest BCUT2D eigenvalue weighted by Gasteiger charge is 2.31. The number of nitrogens with zero attached hydrogens (tertiary/aromatic N) is 8. The third kappa shape index (κ3) is 3.20. The molecule has 0 unspecified atom stereocenters. The number of aryl methyl sites for hydroxylation is 3. The Morgan fingerprint density at radius 2 is 2.12 bits per heavy atom. The zero-order valence-electron chi connectivity index (χ0n) is 18.4. The summed E-state index contributed by atoms with van der Waals surface area (Å²) in [7, 11) is 1.92. The summed E-state index contributed by atoms with van der Waals surface area (Å²) in [4.78, 5) is 28.0. The van der Waals surface area contributed by atoms with Crippen molar-refractivity contribution < 1.29 is 14.1 Å². The largest absolute Gasteiger partial charge is 0.471 e. The lowest BCUT2D eigenvalue weighted by Gasteiger charge is -2.16. The molecule has 1 fully saturated rings. The maximum absolute atomic E-state index is 12.7. The fourth-order valence-electron chi connectivity index (χ4n) is 4.13. The number of hydrogen-bond acceptors (Lipinski definition) is 8. The van der Waals surface area contributed by atoms with Crippen molar-refractivity contribution in [3.05, 3.63) is 35.7 Å². The number of fused-ring (bicyclic) bond motifs is 1. The van der Waals surface area contributed by atoms with Gasteiger partial charge < -0.3 is 18.7 Å². The summed E-state index contributed by atoms with van der Waals surface area (Å²) >= 11 is 0. The summed E-state index contributed by atoms with van der Waals surface area (Å²) in [6.45, 7) is 7.63. The lowest BCUT2D eigenvalue weighted by Crippen LogP contribution is -2.31. The second-order valence-electron chi connectivity index (χ2n) is 7.88. The number of imidazole rings is 1. The van der Waals surface area contributed by atoms with Crippen molar-refractivity contribution in [2.45, 2.75) is 39.8 Å². The normalized spacial score (nSPS) is 16.2. The Kier molecular flexibility index (Phi) is 4.87. The predicted octanol–water partition coefficient (Wildman–Crippen LogP) is 2.15. The third-order valence-electron chi connectivity index (χ3n) is 5.96. The van der Waals surface area contributed by atoms with Crippen molar-refractivity contribution >= 4 is 17.1 Å². The summed E-state index contributed by atoms with van der Waals surface area (Å²) in [6.07, 6.45) is 5.26. The first-order chi connectivity index (χ1) is 15.5. The molecule has 4 aromatic rings. The molecular formula is C21H24N8O3. The van der Waals surface area contributed by atoms with E-state index in [0.717, 1.165) is 23.6 Å². The van der Waals surface area contributed by atoms with Crippen molar-refractivity contribution in [1.29, 1.82) is 0 Å². The van der Waals surface area contributed by atoms with Crippen LogP contribution < -0.4 is 4.74 Å². The fourth-order valence-corrected chi connectivity index (χ4v) is 4.13. The van der Waals surface area contributed by atoms with Crippen LogP contribution in [0.4, 0.5) is 0 Å². The molecule has 32 heavy (non-hydrogen) atoms. The number of rotatable bonds is 5. The van der Waals surface area contributed by atoms with Crippen LogP contribution in [-0.2, 0) is 13.6 Å². The topological polar surface area (TPSA) is 117 Å². The van der Waals surface area contributed by atoms with Gasteiger partial charge in [-0.05, 0) is 20.8 Å². The zero-order chi connectivity index (χ0) is 22.4. The maximum Gasteiger partial charge on any atom is 0.259 e. The summed E-state index contributed by atoms with van der Waals surface area (Å²) in [5.74, 6) is 1.58. The molecule has 0 N–H and O–H groups in total. The Morgan fingerprint density at radius 3 is 2.84 bits per heavy atom. The van der Waals surface area contributed by atoms with E-state index in [4.69, 9.17) is 14.2 Å². The Hall–Kier alpha value is -3.76. The molecule has 166 valence electrons. The van der Waals surface area contributed by atoms with Crippen LogP contribution in [0.15, 0.2) is 23.2 Å². The molecule has 1 atom stereocenters. The third-order valence-corrected chi connectivity index (χ3v) is 5.96. The molecule has 1 amide bonds. The van der Waals surface area contributed by atoms with Gasteiger partial charge in [-0.1, -0.05) is 5.16 Å². The van der Waals surface area contributed by atoms with Crippen LogP contribution in [0, 0.1) is 13.8 Å². The highest BCUT2D eigenvalue weighted by molar-refractivity contribution is 5.95. The number of carbonyl (C=O) groups excluding carboxylic acids is 1. The first kappa shape index (κ1) is 20.2. The van der Waals surface area contributed by atoms with Crippen LogP contribution in [0.1, 0.15) is 35.2 Å². The number of ether oxygens (including phenoxy) is 1. The van der Waals surface area contributed by atoms with Crippen LogP contribution in [0.2, 0.25) is 0 Å². The van der Waals surface area contributed by atoms with E-state index in [1.54, 1.807) is 11.8 Å². The van der Waals surface area contributed by atoms with Crippen LogP contribution in [0.25, 0.3) is 22.6 Å². The molecule has 0 bridgehead atoms. The van der Waals surface area contributed by atoms with Gasteiger partial charge in [0.05, 0.1) is 24.5 Å². The van der Waals surface area contributed by atoms with E-state index in [-0.39, 0.29) is 12.0 Å². The van der Waals surface area contributed by atoms with Gasteiger partial charge >= 0.3 is 0 Å². The molecule has 0 aliphatic carbocycles. The molecule has 11 heteroatoms. The Balaban J connectivity index is 1.40. The molecule has 1 aliphatic heterocycles. The zero-order valence-corrected chi connectivity index (χ0v) is 18.4. The van der Waals surface area contributed by atoms with Crippen LogP contribution >= 0.6 is 0 Å². The molecule has 1 saturated heterocycles. The number of carbonyl (C=O) groups is 1. The van der Waals surface area contributed by atoms with E-state index < -0.39 is 0 Å². The second kappa shape index (κ2) is 7.74. The molecule has 0 aromatic carbocycles. The minimum Gasteiger partial charge on any atom is -0.471 e. The first-order valence-corrected chi connectivity index (χ1v) is 10.5. The fraction of sp³-hybridized carbons (Fsp3) is 0.429. The summed E-state index contributed by atoms with van der Waals surface area (Å²) in [5, 5.41) is 8.12. The first-order valence-electron chi connectivity index (χ1n) is 10.5. The molecule has 5 rings (SSSR count). The summed E-state index contributed by atoms with van der Waals surface area (Å²) < 4.78 is 15.1. The molecule has 0 spiro atoms. The minimum absolute atomic E-state index is 0.105. The number of likely N-dealkylation sites (tertiary alicyclic amines) is 1. The van der Waals surface area contributed by atoms with Crippen LogP contribution in [0.3, 0.4) is 0 Å². The SMILES string of the molecule is CCn1ncc(-c2nc3c(O[C@H]4CCN(C(=O)c5cnoc5C)C4)ncnc3n2C)c1C. The van der Waals surface area contributed by atoms with E-state index >= 15 is 0 Å². The number of aromatic nitrogens is 7. The predicted molar refractivity (Wildman–Crippen MR) is 114 cm³/mol. The molecular weight excluding hydrogens is 412 g/mol. The molecule has 11 nitrogen and oxygen atoms in total. The molecule has 4 aromatic heterocycles. The molecule has 1 aliphatic rings. The van der Waals surface area contributed by atoms with E-state index in [2.05, 4.69) is 27.1 Å². The smallest absolute Gasteiger partial charge is 0.259 e. The van der Waals surface area contributed by atoms with Gasteiger partial charge in [-0.3, -0.25) is 9.48 Å². The Bertz CT molecular complexity index is 1300. The van der Waals surface area contributed by atoms with Crippen molar-refractivity contribution in [2.24, 2.45) is 7.05 Å². The van der Waals surface area contributed by atoms with Crippen molar-refractivity contribution in [1.82, 2.24) is 39.4 Å². The highest BCUT2D eigenvalue weighted by atomic mass is 16.5. The minimum atomic E-state index is -0.188. The lowest BCUT2D eigenvalue weighted by molar-refractivity contribution is 0.0770. The number of amides is 1. The van der Waals surface area contributed by atoms with Crippen molar-refractivity contribution in [2.75, 3.05) is 13.1 Å². The van der Waals surface area contributed by atoms with E-state index in [9.17, 15) is 4.79 Å². The quantitative estimate of drug-likeness (QED) is 0.467. The van der Waals surface area contributed by atoms with Gasteiger partial charge in [0, 0.05) is 32.3 Å². The van der Waals surface area contributed by atoms with E-state index in [1.165, 1.54) is 12.5 Å². The molecule has 0 saturated carbocycles. The lowest BCUT2D eigenvalue weighted by atomic mass is 10.2. The van der Waals surface area contributed by atoms with Gasteiger partial charge in [0.2, 0.25) is 5.88 Å². The van der Waals surface area contributed by atoms with Gasteiger partial charge in [0.1, 0.15) is 29.6 Å². The van der Waals surface area contributed by atoms with Gasteiger partial charge in [-0.15, -0.1) is 0 Å². The van der Waals surface area contributed by atoms with Gasteiger partial charge in [-0.25, -0.2) is 9.97 Å². The summed E-state index contributed by atoms with van der Waals surface area (Å²) in [5.41, 5.74) is 3.73. The average Bonchev–Trinajstić information content (AvgIpc) is 3.56. The number of hydrogen-bond donors (Lipinski definition) is 0. The van der Waals surface area contributed by atoms with E-state index in [0.29, 0.717) is 47.9 Å². The average molecular weight is 436 g/mol. The van der Waals surface area contributed by atoms with Crippen molar-refractivity contribution in [3.63, 3.8) is 0 Å². The Labute approximate surface area is 184 Å². The van der Waals surface area contributed by atoms with Gasteiger partial charge in [0.25, 0.3) is 5.91 Å². The molecule has 0 radical (unpaired) electrons. The summed E-state index contributed by atoms with van der Waals surface area (Å²) in [6, 6.07) is 0. The van der Waals surface area contributed by atoms with E-state index in [1.807, 2.05) is 29.4 Å². The monoisotopic (exact) mass is 436 g/mol. The Morgan fingerprint density at radius 1 is 1.28 bits per heavy atom. The molecule has 5 heterocycles. The van der Waals surface area contributed by atoms with Crippen LogP contribution in [0.5, 0.6) is 5.88 Å². The standard InChI is InChI=1S/C21H24N8O3/c1-5-29-12(2)15(8-24-29)18-26-17-19(27(18)4)22-11-23-20(17)31-14-6-7-28(10-14)21(30)16-9-25-32-13(16)3/h8-9,11,14H,5-7,10H2,1-4H3/t14-/m0/s1. The maximum atomic E-state index is 12.7. The second-order valence-corrected chi connectivity index (χ2v) is 7.88. The van der Waals surface area contributed by atoms with Gasteiger partial charge in [0.15, 0.2) is 11.2 Å². The highest BCUT2D eigenvalue weighted by Crippen LogP contribution is 2.30. The van der Waals surface area contributed by atoms with Gasteiger partial charge in [-0.2, -0.15) is 10.1 Å².